The molecule has 26 heavy (non-hydrogen) atoms. The van der Waals surface area contributed by atoms with Crippen molar-refractivity contribution in [1.82, 2.24) is 4.90 Å². The van der Waals surface area contributed by atoms with Gasteiger partial charge in [-0.25, -0.2) is 0 Å². The topological polar surface area (TPSA) is 51.9 Å². The SMILES string of the molecule is COc1cc(C(=O)N(C)C(C)c2cc3ccccc3o2)cc(OC)c1Br. The predicted molar refractivity (Wildman–Crippen MR) is 104 cm³/mol. The summed E-state index contributed by atoms with van der Waals surface area (Å²) in [5, 5.41) is 1.02. The highest BCUT2D eigenvalue weighted by Gasteiger charge is 2.24. The maximum atomic E-state index is 13.0. The second-order valence-corrected chi connectivity index (χ2v) is 6.77. The fourth-order valence-electron chi connectivity index (χ4n) is 2.77. The van der Waals surface area contributed by atoms with Gasteiger partial charge in [0.25, 0.3) is 5.91 Å². The number of hydrogen-bond donors (Lipinski definition) is 0. The van der Waals surface area contributed by atoms with Gasteiger partial charge in [-0.2, -0.15) is 0 Å². The highest BCUT2D eigenvalue weighted by atomic mass is 79.9. The predicted octanol–water partition coefficient (Wildman–Crippen LogP) is 5.05. The van der Waals surface area contributed by atoms with Crippen LogP contribution >= 0.6 is 15.9 Å². The third-order valence-electron chi connectivity index (χ3n) is 4.45. The molecule has 6 heteroatoms. The second-order valence-electron chi connectivity index (χ2n) is 5.97. The lowest BCUT2D eigenvalue weighted by molar-refractivity contribution is 0.0726. The quantitative estimate of drug-likeness (QED) is 0.582. The average Bonchev–Trinajstić information content (AvgIpc) is 3.10. The first-order valence-electron chi connectivity index (χ1n) is 8.13. The Bertz CT molecular complexity index is 892. The number of hydrogen-bond acceptors (Lipinski definition) is 4. The molecular formula is C20H20BrNO4. The zero-order valence-corrected chi connectivity index (χ0v) is 16.7. The van der Waals surface area contributed by atoms with Crippen LogP contribution in [0.2, 0.25) is 0 Å². The number of furan rings is 1. The molecule has 0 aliphatic heterocycles. The van der Waals surface area contributed by atoms with Crippen LogP contribution < -0.4 is 9.47 Å². The molecule has 3 rings (SSSR count). The highest BCUT2D eigenvalue weighted by Crippen LogP contribution is 2.36. The fourth-order valence-corrected chi connectivity index (χ4v) is 3.32. The first-order chi connectivity index (χ1) is 12.5. The summed E-state index contributed by atoms with van der Waals surface area (Å²) in [5.74, 6) is 1.66. The summed E-state index contributed by atoms with van der Waals surface area (Å²) >= 11 is 3.42. The molecule has 0 N–H and O–H groups in total. The van der Waals surface area contributed by atoms with Gasteiger partial charge in [0.1, 0.15) is 27.3 Å². The van der Waals surface area contributed by atoms with E-state index in [4.69, 9.17) is 13.9 Å². The molecule has 136 valence electrons. The summed E-state index contributed by atoms with van der Waals surface area (Å²) in [4.78, 5) is 14.6. The molecule has 3 aromatic rings. The summed E-state index contributed by atoms with van der Waals surface area (Å²) in [6.07, 6.45) is 0. The third kappa shape index (κ3) is 3.29. The van der Waals surface area contributed by atoms with Crippen LogP contribution in [-0.4, -0.2) is 32.1 Å². The minimum Gasteiger partial charge on any atom is -0.495 e. The van der Waals surface area contributed by atoms with Crippen molar-refractivity contribution in [2.75, 3.05) is 21.3 Å². The lowest BCUT2D eigenvalue weighted by atomic mass is 10.1. The Balaban J connectivity index is 1.91. The van der Waals surface area contributed by atoms with Crippen LogP contribution in [0.5, 0.6) is 11.5 Å². The van der Waals surface area contributed by atoms with Gasteiger partial charge in [-0.15, -0.1) is 0 Å². The largest absolute Gasteiger partial charge is 0.495 e. The number of ether oxygens (including phenoxy) is 2. The maximum Gasteiger partial charge on any atom is 0.254 e. The standard InChI is InChI=1S/C20H20BrNO4/c1-12(16-9-13-7-5-6-8-15(13)26-16)22(2)20(23)14-10-17(24-3)19(21)18(11-14)25-4/h5-12H,1-4H3. The molecule has 1 aromatic heterocycles. The third-order valence-corrected chi connectivity index (χ3v) is 5.23. The number of nitrogens with zero attached hydrogens (tertiary/aromatic N) is 1. The van der Waals surface area contributed by atoms with Crippen molar-refractivity contribution in [2.45, 2.75) is 13.0 Å². The molecule has 2 aromatic carbocycles. The van der Waals surface area contributed by atoms with Crippen molar-refractivity contribution in [3.8, 4) is 11.5 Å². The number of carbonyl (C=O) groups is 1. The summed E-state index contributed by atoms with van der Waals surface area (Å²) < 4.78 is 17.2. The molecule has 5 nitrogen and oxygen atoms in total. The number of para-hydroxylation sites is 1. The van der Waals surface area contributed by atoms with E-state index >= 15 is 0 Å². The normalized spacial score (nSPS) is 12.0. The number of fused-ring (bicyclic) bond motifs is 1. The molecule has 1 amide bonds. The second kappa shape index (κ2) is 7.41. The molecule has 0 spiro atoms. The minimum absolute atomic E-state index is 0.151. The number of rotatable bonds is 5. The molecule has 0 saturated heterocycles. The van der Waals surface area contributed by atoms with E-state index in [-0.39, 0.29) is 11.9 Å². The van der Waals surface area contributed by atoms with Crippen molar-refractivity contribution < 1.29 is 18.7 Å². The Kier molecular flexibility index (Phi) is 5.23. The van der Waals surface area contributed by atoms with E-state index < -0.39 is 0 Å². The van der Waals surface area contributed by atoms with E-state index in [2.05, 4.69) is 15.9 Å². The van der Waals surface area contributed by atoms with Crippen molar-refractivity contribution >= 4 is 32.8 Å². The fraction of sp³-hybridized carbons (Fsp3) is 0.250. The molecule has 0 aliphatic carbocycles. The smallest absolute Gasteiger partial charge is 0.254 e. The number of benzene rings is 2. The van der Waals surface area contributed by atoms with Crippen LogP contribution in [0.25, 0.3) is 11.0 Å². The Labute approximate surface area is 160 Å². The first kappa shape index (κ1) is 18.3. The van der Waals surface area contributed by atoms with Gasteiger partial charge < -0.3 is 18.8 Å². The molecule has 0 fully saturated rings. The summed E-state index contributed by atoms with van der Waals surface area (Å²) in [6, 6.07) is 12.9. The minimum atomic E-state index is -0.226. The number of methoxy groups -OCH3 is 2. The number of halogens is 1. The Morgan fingerprint density at radius 3 is 2.31 bits per heavy atom. The van der Waals surface area contributed by atoms with Gasteiger partial charge in [0, 0.05) is 18.0 Å². The van der Waals surface area contributed by atoms with Crippen LogP contribution in [0.3, 0.4) is 0 Å². The van der Waals surface area contributed by atoms with Gasteiger partial charge in [-0.3, -0.25) is 4.79 Å². The molecule has 1 atom stereocenters. The van der Waals surface area contributed by atoms with Crippen LogP contribution in [-0.2, 0) is 0 Å². The molecule has 1 unspecified atom stereocenters. The Morgan fingerprint density at radius 1 is 1.12 bits per heavy atom. The van der Waals surface area contributed by atoms with E-state index in [1.54, 1.807) is 38.3 Å². The average molecular weight is 418 g/mol. The van der Waals surface area contributed by atoms with Gasteiger partial charge in [0.15, 0.2) is 0 Å². The highest BCUT2D eigenvalue weighted by molar-refractivity contribution is 9.10. The van der Waals surface area contributed by atoms with Crippen LogP contribution in [0.1, 0.15) is 29.1 Å². The lowest BCUT2D eigenvalue weighted by Crippen LogP contribution is -2.29. The van der Waals surface area contributed by atoms with E-state index in [9.17, 15) is 4.79 Å². The lowest BCUT2D eigenvalue weighted by Gasteiger charge is -2.24. The van der Waals surface area contributed by atoms with E-state index in [0.717, 1.165) is 16.7 Å². The van der Waals surface area contributed by atoms with Crippen molar-refractivity contribution in [3.63, 3.8) is 0 Å². The monoisotopic (exact) mass is 417 g/mol. The molecule has 0 aliphatic rings. The van der Waals surface area contributed by atoms with Crippen molar-refractivity contribution in [3.05, 3.63) is 58.3 Å². The first-order valence-corrected chi connectivity index (χ1v) is 8.92. The van der Waals surface area contributed by atoms with Crippen LogP contribution in [0.15, 0.2) is 51.4 Å². The van der Waals surface area contributed by atoms with Gasteiger partial charge in [0.05, 0.1) is 20.3 Å². The van der Waals surface area contributed by atoms with Gasteiger partial charge in [-0.05, 0) is 47.1 Å². The molecule has 0 radical (unpaired) electrons. The van der Waals surface area contributed by atoms with Crippen LogP contribution in [0.4, 0.5) is 0 Å². The van der Waals surface area contributed by atoms with Crippen molar-refractivity contribution in [2.24, 2.45) is 0 Å². The van der Waals surface area contributed by atoms with Crippen molar-refractivity contribution in [1.29, 1.82) is 0 Å². The molecule has 1 heterocycles. The van der Waals surface area contributed by atoms with Gasteiger partial charge >= 0.3 is 0 Å². The Hall–Kier alpha value is -2.47. The van der Waals surface area contributed by atoms with E-state index in [1.807, 2.05) is 37.3 Å². The summed E-state index contributed by atoms with van der Waals surface area (Å²) in [7, 11) is 4.85. The molecule has 0 bridgehead atoms. The number of amides is 1. The van der Waals surface area contributed by atoms with Crippen LogP contribution in [0, 0.1) is 0 Å². The zero-order valence-electron chi connectivity index (χ0n) is 15.1. The van der Waals surface area contributed by atoms with E-state index in [1.165, 1.54) is 0 Å². The summed E-state index contributed by atoms with van der Waals surface area (Å²) in [6.45, 7) is 1.93. The van der Waals surface area contributed by atoms with E-state index in [0.29, 0.717) is 21.5 Å². The maximum absolute atomic E-state index is 13.0. The Morgan fingerprint density at radius 2 is 1.73 bits per heavy atom. The molecular weight excluding hydrogens is 398 g/mol. The van der Waals surface area contributed by atoms with Gasteiger partial charge in [0.2, 0.25) is 0 Å². The number of carbonyl (C=O) groups excluding carboxylic acids is 1. The molecule has 0 saturated carbocycles. The zero-order chi connectivity index (χ0) is 18.8. The van der Waals surface area contributed by atoms with Gasteiger partial charge in [-0.1, -0.05) is 18.2 Å². The summed E-state index contributed by atoms with van der Waals surface area (Å²) in [5.41, 5.74) is 1.29.